The number of ether oxygens (including phenoxy) is 1. The maximum atomic E-state index is 13.0. The summed E-state index contributed by atoms with van der Waals surface area (Å²) < 4.78 is 18.7. The van der Waals surface area contributed by atoms with Gasteiger partial charge >= 0.3 is 6.03 Å². The summed E-state index contributed by atoms with van der Waals surface area (Å²) in [5.41, 5.74) is 3.87. The molecule has 0 fully saturated rings. The number of anilines is 1. The third-order valence-electron chi connectivity index (χ3n) is 3.52. The van der Waals surface area contributed by atoms with Crippen molar-refractivity contribution in [3.63, 3.8) is 0 Å². The van der Waals surface area contributed by atoms with E-state index in [1.54, 1.807) is 6.07 Å². The highest BCUT2D eigenvalue weighted by atomic mass is 19.1. The molecule has 0 heterocycles. The molecule has 0 unspecified atom stereocenters. The molecule has 0 atom stereocenters. The summed E-state index contributed by atoms with van der Waals surface area (Å²) in [4.78, 5) is 11.7. The van der Waals surface area contributed by atoms with Gasteiger partial charge in [0.15, 0.2) is 0 Å². The molecule has 0 saturated heterocycles. The molecule has 0 radical (unpaired) electrons. The summed E-state index contributed by atoms with van der Waals surface area (Å²) in [5.74, 6) is 0.428. The Balaban J connectivity index is 1.77. The van der Waals surface area contributed by atoms with E-state index in [-0.39, 0.29) is 0 Å². The van der Waals surface area contributed by atoms with Gasteiger partial charge in [-0.25, -0.2) is 9.18 Å². The van der Waals surface area contributed by atoms with Crippen LogP contribution in [0, 0.1) is 26.6 Å². The first kappa shape index (κ1) is 16.8. The Morgan fingerprint density at radius 3 is 2.57 bits per heavy atom. The number of hydrogen-bond acceptors (Lipinski definition) is 2. The summed E-state index contributed by atoms with van der Waals surface area (Å²) >= 11 is 0. The molecule has 0 aliphatic carbocycles. The van der Waals surface area contributed by atoms with E-state index < -0.39 is 11.8 Å². The highest BCUT2D eigenvalue weighted by Gasteiger charge is 2.04. The third-order valence-corrected chi connectivity index (χ3v) is 3.52. The molecule has 2 amide bonds. The zero-order chi connectivity index (χ0) is 16.8. The van der Waals surface area contributed by atoms with Crippen molar-refractivity contribution >= 4 is 11.7 Å². The highest BCUT2D eigenvalue weighted by molar-refractivity contribution is 5.89. The van der Waals surface area contributed by atoms with E-state index in [2.05, 4.69) is 23.6 Å². The summed E-state index contributed by atoms with van der Waals surface area (Å²) in [6, 6.07) is 9.42. The van der Waals surface area contributed by atoms with E-state index in [1.165, 1.54) is 29.3 Å². The quantitative estimate of drug-likeness (QED) is 0.821. The van der Waals surface area contributed by atoms with E-state index in [0.29, 0.717) is 18.8 Å². The van der Waals surface area contributed by atoms with Gasteiger partial charge in [-0.05, 0) is 61.7 Å². The molecule has 2 aromatic rings. The van der Waals surface area contributed by atoms with Crippen molar-refractivity contribution in [1.82, 2.24) is 5.32 Å². The van der Waals surface area contributed by atoms with Crippen LogP contribution in [0.15, 0.2) is 36.4 Å². The Kier molecular flexibility index (Phi) is 5.57. The molecule has 5 heteroatoms. The van der Waals surface area contributed by atoms with Gasteiger partial charge in [0.25, 0.3) is 0 Å². The highest BCUT2D eigenvalue weighted by Crippen LogP contribution is 2.22. The summed E-state index contributed by atoms with van der Waals surface area (Å²) in [6.07, 6.45) is 0. The van der Waals surface area contributed by atoms with Crippen molar-refractivity contribution in [3.8, 4) is 5.75 Å². The smallest absolute Gasteiger partial charge is 0.319 e. The monoisotopic (exact) mass is 316 g/mol. The van der Waals surface area contributed by atoms with Gasteiger partial charge in [0.1, 0.15) is 18.2 Å². The predicted molar refractivity (Wildman–Crippen MR) is 89.6 cm³/mol. The number of benzene rings is 2. The second kappa shape index (κ2) is 7.63. The van der Waals surface area contributed by atoms with Gasteiger partial charge in [0.05, 0.1) is 6.54 Å². The molecule has 2 aromatic carbocycles. The summed E-state index contributed by atoms with van der Waals surface area (Å²) in [7, 11) is 0. The Hall–Kier alpha value is -2.56. The van der Waals surface area contributed by atoms with Gasteiger partial charge < -0.3 is 15.4 Å². The van der Waals surface area contributed by atoms with Crippen molar-refractivity contribution in [3.05, 3.63) is 58.9 Å². The van der Waals surface area contributed by atoms with Crippen molar-refractivity contribution in [2.75, 3.05) is 18.5 Å². The van der Waals surface area contributed by atoms with Crippen LogP contribution < -0.4 is 15.4 Å². The van der Waals surface area contributed by atoms with Crippen molar-refractivity contribution in [1.29, 1.82) is 0 Å². The second-order valence-electron chi connectivity index (χ2n) is 5.44. The maximum Gasteiger partial charge on any atom is 0.319 e. The fourth-order valence-corrected chi connectivity index (χ4v) is 2.16. The normalized spacial score (nSPS) is 10.3. The Labute approximate surface area is 135 Å². The van der Waals surface area contributed by atoms with Crippen molar-refractivity contribution in [2.45, 2.75) is 20.8 Å². The van der Waals surface area contributed by atoms with Crippen LogP contribution in [0.3, 0.4) is 0 Å². The number of halogens is 1. The van der Waals surface area contributed by atoms with Gasteiger partial charge in [-0.15, -0.1) is 0 Å². The molecule has 0 bridgehead atoms. The number of rotatable bonds is 5. The largest absolute Gasteiger partial charge is 0.491 e. The van der Waals surface area contributed by atoms with Gasteiger partial charge in [-0.2, -0.15) is 0 Å². The molecule has 2 N–H and O–H groups in total. The molecule has 2 rings (SSSR count). The number of aryl methyl sites for hydroxylation is 3. The summed E-state index contributed by atoms with van der Waals surface area (Å²) in [5, 5.41) is 5.23. The van der Waals surface area contributed by atoms with Crippen LogP contribution in [0.1, 0.15) is 16.7 Å². The molecular formula is C18H21FN2O2. The lowest BCUT2D eigenvalue weighted by molar-refractivity contribution is 0.247. The van der Waals surface area contributed by atoms with Crippen LogP contribution in [0.5, 0.6) is 5.75 Å². The van der Waals surface area contributed by atoms with Gasteiger partial charge in [0.2, 0.25) is 0 Å². The number of hydrogen-bond donors (Lipinski definition) is 2. The Bertz CT molecular complexity index is 701. The van der Waals surface area contributed by atoms with E-state index in [0.717, 1.165) is 11.3 Å². The molecule has 0 aliphatic rings. The molecule has 0 aliphatic heterocycles. The lowest BCUT2D eigenvalue weighted by Gasteiger charge is -2.12. The molecule has 23 heavy (non-hydrogen) atoms. The molecule has 122 valence electrons. The molecular weight excluding hydrogens is 295 g/mol. The number of nitrogens with one attached hydrogen (secondary N) is 2. The SMILES string of the molecule is Cc1cc(C)c(OCCNC(=O)Nc2cccc(F)c2)cc1C. The molecule has 0 saturated carbocycles. The first-order chi connectivity index (χ1) is 11.0. The number of carbonyl (C=O) groups is 1. The van der Waals surface area contributed by atoms with E-state index >= 15 is 0 Å². The first-order valence-corrected chi connectivity index (χ1v) is 7.47. The zero-order valence-electron chi connectivity index (χ0n) is 13.6. The fraction of sp³-hybridized carbons (Fsp3) is 0.278. The van der Waals surface area contributed by atoms with Crippen LogP contribution in [0.4, 0.5) is 14.9 Å². The van der Waals surface area contributed by atoms with Crippen LogP contribution in [0.25, 0.3) is 0 Å². The van der Waals surface area contributed by atoms with Crippen LogP contribution in [-0.2, 0) is 0 Å². The number of urea groups is 1. The Morgan fingerprint density at radius 1 is 1.09 bits per heavy atom. The first-order valence-electron chi connectivity index (χ1n) is 7.47. The maximum absolute atomic E-state index is 13.0. The minimum Gasteiger partial charge on any atom is -0.491 e. The van der Waals surface area contributed by atoms with Crippen molar-refractivity contribution in [2.24, 2.45) is 0 Å². The van der Waals surface area contributed by atoms with Gasteiger partial charge in [-0.1, -0.05) is 12.1 Å². The lowest BCUT2D eigenvalue weighted by atomic mass is 10.1. The van der Waals surface area contributed by atoms with Gasteiger partial charge in [-0.3, -0.25) is 0 Å². The lowest BCUT2D eigenvalue weighted by Crippen LogP contribution is -2.32. The van der Waals surface area contributed by atoms with Crippen LogP contribution in [-0.4, -0.2) is 19.2 Å². The average molecular weight is 316 g/mol. The zero-order valence-corrected chi connectivity index (χ0v) is 13.6. The Morgan fingerprint density at radius 2 is 1.83 bits per heavy atom. The third kappa shape index (κ3) is 4.98. The van der Waals surface area contributed by atoms with Crippen molar-refractivity contribution < 1.29 is 13.9 Å². The van der Waals surface area contributed by atoms with Gasteiger partial charge in [0, 0.05) is 5.69 Å². The van der Waals surface area contributed by atoms with Crippen LogP contribution in [0.2, 0.25) is 0 Å². The minimum absolute atomic E-state index is 0.355. The fourth-order valence-electron chi connectivity index (χ4n) is 2.16. The summed E-state index contributed by atoms with van der Waals surface area (Å²) in [6.45, 7) is 6.80. The van der Waals surface area contributed by atoms with E-state index in [9.17, 15) is 9.18 Å². The minimum atomic E-state index is -0.393. The van der Waals surface area contributed by atoms with Crippen LogP contribution >= 0.6 is 0 Å². The number of carbonyl (C=O) groups excluding carboxylic acids is 1. The molecule has 0 aromatic heterocycles. The molecule has 4 nitrogen and oxygen atoms in total. The average Bonchev–Trinajstić information content (AvgIpc) is 2.48. The topological polar surface area (TPSA) is 50.4 Å². The molecule has 0 spiro atoms. The predicted octanol–water partition coefficient (Wildman–Crippen LogP) is 3.95. The standard InChI is InChI=1S/C18H21FN2O2/c1-12-9-14(3)17(10-13(12)2)23-8-7-20-18(22)21-16-6-4-5-15(19)11-16/h4-6,9-11H,7-8H2,1-3H3,(H2,20,21,22). The number of amides is 2. The van der Waals surface area contributed by atoms with E-state index in [4.69, 9.17) is 4.74 Å². The second-order valence-corrected chi connectivity index (χ2v) is 5.44. The van der Waals surface area contributed by atoms with E-state index in [1.807, 2.05) is 19.9 Å².